The number of rotatable bonds is 8. The van der Waals surface area contributed by atoms with E-state index < -0.39 is 0 Å². The minimum absolute atomic E-state index is 0.0899. The highest BCUT2D eigenvalue weighted by Crippen LogP contribution is 2.27. The Bertz CT molecular complexity index is 451. The van der Waals surface area contributed by atoms with E-state index in [4.69, 9.17) is 4.74 Å². The number of hydrogen-bond acceptors (Lipinski definition) is 3. The van der Waals surface area contributed by atoms with Crippen LogP contribution in [0.5, 0.6) is 0 Å². The summed E-state index contributed by atoms with van der Waals surface area (Å²) >= 11 is 0. The summed E-state index contributed by atoms with van der Waals surface area (Å²) in [4.78, 5) is 13.9. The zero-order chi connectivity index (χ0) is 14.9. The Kier molecular flexibility index (Phi) is 6.34. The highest BCUT2D eigenvalue weighted by Gasteiger charge is 2.17. The Labute approximate surface area is 126 Å². The zero-order valence-electron chi connectivity index (χ0n) is 12.7. The highest BCUT2D eigenvalue weighted by atomic mass is 16.5. The van der Waals surface area contributed by atoms with Crippen LogP contribution in [-0.4, -0.2) is 45.9 Å². The van der Waals surface area contributed by atoms with Gasteiger partial charge in [-0.25, -0.2) is 4.79 Å². The summed E-state index contributed by atoms with van der Waals surface area (Å²) in [5.41, 5.74) is 2.78. The van der Waals surface area contributed by atoms with E-state index in [0.717, 1.165) is 32.4 Å². The van der Waals surface area contributed by atoms with Gasteiger partial charge in [0.1, 0.15) is 0 Å². The number of carbonyl (C=O) groups is 1. The van der Waals surface area contributed by atoms with Crippen molar-refractivity contribution in [3.8, 4) is 0 Å². The van der Waals surface area contributed by atoms with Crippen LogP contribution in [0.1, 0.15) is 18.4 Å². The van der Waals surface area contributed by atoms with Gasteiger partial charge in [-0.1, -0.05) is 18.2 Å². The first kappa shape index (κ1) is 15.6. The van der Waals surface area contributed by atoms with Crippen LogP contribution < -0.4 is 15.5 Å². The Morgan fingerprint density at radius 2 is 2.00 bits per heavy atom. The van der Waals surface area contributed by atoms with Crippen molar-refractivity contribution in [3.63, 3.8) is 0 Å². The second kappa shape index (κ2) is 8.52. The maximum atomic E-state index is 11.5. The van der Waals surface area contributed by atoms with E-state index in [9.17, 15) is 4.79 Å². The fourth-order valence-corrected chi connectivity index (χ4v) is 2.59. The van der Waals surface area contributed by atoms with E-state index in [2.05, 4.69) is 39.8 Å². The lowest BCUT2D eigenvalue weighted by Gasteiger charge is -2.19. The maximum Gasteiger partial charge on any atom is 0.314 e. The van der Waals surface area contributed by atoms with Crippen molar-refractivity contribution in [3.05, 3.63) is 29.8 Å². The first-order valence-corrected chi connectivity index (χ1v) is 7.65. The summed E-state index contributed by atoms with van der Waals surface area (Å²) in [7, 11) is 1.66. The van der Waals surface area contributed by atoms with Crippen molar-refractivity contribution in [1.29, 1.82) is 0 Å². The van der Waals surface area contributed by atoms with Crippen molar-refractivity contribution in [2.75, 3.05) is 44.8 Å². The number of methoxy groups -OCH3 is 1. The van der Waals surface area contributed by atoms with Crippen molar-refractivity contribution >= 4 is 11.7 Å². The molecule has 2 N–H and O–H groups in total. The number of para-hydroxylation sites is 1. The van der Waals surface area contributed by atoms with Crippen molar-refractivity contribution < 1.29 is 9.53 Å². The summed E-state index contributed by atoms with van der Waals surface area (Å²) < 4.78 is 4.93. The molecule has 0 saturated carbocycles. The third-order valence-corrected chi connectivity index (χ3v) is 3.68. The first-order valence-electron chi connectivity index (χ1n) is 7.65. The van der Waals surface area contributed by atoms with E-state index in [1.807, 2.05) is 0 Å². The molecule has 1 heterocycles. The lowest BCUT2D eigenvalue weighted by atomic mass is 10.2. The van der Waals surface area contributed by atoms with Crippen LogP contribution in [0.2, 0.25) is 0 Å². The molecule has 2 rings (SSSR count). The number of urea groups is 1. The number of nitrogens with zero attached hydrogens (tertiary/aromatic N) is 1. The molecule has 116 valence electrons. The smallest absolute Gasteiger partial charge is 0.314 e. The van der Waals surface area contributed by atoms with E-state index in [1.165, 1.54) is 11.3 Å². The molecule has 21 heavy (non-hydrogen) atoms. The molecule has 5 nitrogen and oxygen atoms in total. The summed E-state index contributed by atoms with van der Waals surface area (Å²) in [6.45, 7) is 4.10. The number of fused-ring (bicyclic) bond motifs is 1. The second-order valence-electron chi connectivity index (χ2n) is 5.25. The minimum atomic E-state index is -0.0899. The van der Waals surface area contributed by atoms with Gasteiger partial charge < -0.3 is 20.3 Å². The predicted molar refractivity (Wildman–Crippen MR) is 84.9 cm³/mol. The Hall–Kier alpha value is -1.75. The third-order valence-electron chi connectivity index (χ3n) is 3.68. The standard InChI is InChI=1S/C16H25N3O2/c1-21-13-5-10-18-16(20)17-9-4-11-19-12-8-14-6-2-3-7-15(14)19/h2-3,6-7H,4-5,8-13H2,1H3,(H2,17,18,20). The molecule has 0 spiro atoms. The molecule has 0 unspecified atom stereocenters. The predicted octanol–water partition coefficient (Wildman–Crippen LogP) is 1.77. The van der Waals surface area contributed by atoms with Gasteiger partial charge in [0.15, 0.2) is 0 Å². The molecule has 5 heteroatoms. The number of amides is 2. The van der Waals surface area contributed by atoms with Gasteiger partial charge in [0.05, 0.1) is 0 Å². The molecular weight excluding hydrogens is 266 g/mol. The summed E-state index contributed by atoms with van der Waals surface area (Å²) in [6, 6.07) is 8.47. The molecular formula is C16H25N3O2. The second-order valence-corrected chi connectivity index (χ2v) is 5.25. The normalized spacial score (nSPS) is 13.1. The molecule has 1 aliphatic heterocycles. The van der Waals surface area contributed by atoms with Gasteiger partial charge in [0, 0.05) is 45.6 Å². The van der Waals surface area contributed by atoms with Gasteiger partial charge in [0.2, 0.25) is 0 Å². The van der Waals surface area contributed by atoms with Crippen LogP contribution in [-0.2, 0) is 11.2 Å². The number of hydrogen-bond donors (Lipinski definition) is 2. The van der Waals surface area contributed by atoms with Gasteiger partial charge in [-0.05, 0) is 30.9 Å². The van der Waals surface area contributed by atoms with Gasteiger partial charge in [-0.3, -0.25) is 0 Å². The molecule has 0 atom stereocenters. The van der Waals surface area contributed by atoms with Crippen LogP contribution in [0.4, 0.5) is 10.5 Å². The lowest BCUT2D eigenvalue weighted by Crippen LogP contribution is -2.37. The first-order chi connectivity index (χ1) is 10.3. The minimum Gasteiger partial charge on any atom is -0.385 e. The summed E-state index contributed by atoms with van der Waals surface area (Å²) in [6.07, 6.45) is 2.93. The molecule has 1 aromatic carbocycles. The Morgan fingerprint density at radius 3 is 2.81 bits per heavy atom. The molecule has 0 bridgehead atoms. The fraction of sp³-hybridized carbons (Fsp3) is 0.562. The van der Waals surface area contributed by atoms with Gasteiger partial charge >= 0.3 is 6.03 Å². The third kappa shape index (κ3) is 4.93. The van der Waals surface area contributed by atoms with Crippen molar-refractivity contribution in [2.24, 2.45) is 0 Å². The van der Waals surface area contributed by atoms with Crippen molar-refractivity contribution in [1.82, 2.24) is 10.6 Å². The largest absolute Gasteiger partial charge is 0.385 e. The number of carbonyl (C=O) groups excluding carboxylic acids is 1. The van der Waals surface area contributed by atoms with Gasteiger partial charge in [0.25, 0.3) is 0 Å². The fourth-order valence-electron chi connectivity index (χ4n) is 2.59. The van der Waals surface area contributed by atoms with Crippen LogP contribution in [0.3, 0.4) is 0 Å². The van der Waals surface area contributed by atoms with E-state index in [-0.39, 0.29) is 6.03 Å². The molecule has 0 aliphatic carbocycles. The number of ether oxygens (including phenoxy) is 1. The molecule has 0 saturated heterocycles. The SMILES string of the molecule is COCCCNC(=O)NCCCN1CCc2ccccc21. The molecule has 0 fully saturated rings. The Balaban J connectivity index is 1.57. The van der Waals surface area contributed by atoms with E-state index >= 15 is 0 Å². The van der Waals surface area contributed by atoms with Crippen LogP contribution in [0.15, 0.2) is 24.3 Å². The van der Waals surface area contributed by atoms with E-state index in [1.54, 1.807) is 7.11 Å². The van der Waals surface area contributed by atoms with Gasteiger partial charge in [-0.2, -0.15) is 0 Å². The zero-order valence-corrected chi connectivity index (χ0v) is 12.7. The number of benzene rings is 1. The molecule has 1 aromatic rings. The average molecular weight is 291 g/mol. The lowest BCUT2D eigenvalue weighted by molar-refractivity contribution is 0.193. The molecule has 0 radical (unpaired) electrons. The van der Waals surface area contributed by atoms with E-state index in [0.29, 0.717) is 19.7 Å². The summed E-state index contributed by atoms with van der Waals surface area (Å²) in [5.74, 6) is 0. The summed E-state index contributed by atoms with van der Waals surface area (Å²) in [5, 5.41) is 5.71. The van der Waals surface area contributed by atoms with Crippen molar-refractivity contribution in [2.45, 2.75) is 19.3 Å². The van der Waals surface area contributed by atoms with Crippen LogP contribution >= 0.6 is 0 Å². The quantitative estimate of drug-likeness (QED) is 0.718. The number of nitrogens with one attached hydrogen (secondary N) is 2. The molecule has 2 amide bonds. The molecule has 0 aromatic heterocycles. The average Bonchev–Trinajstić information content (AvgIpc) is 2.91. The monoisotopic (exact) mass is 291 g/mol. The van der Waals surface area contributed by atoms with Crippen LogP contribution in [0.25, 0.3) is 0 Å². The van der Waals surface area contributed by atoms with Gasteiger partial charge in [-0.15, -0.1) is 0 Å². The molecule has 1 aliphatic rings. The highest BCUT2D eigenvalue weighted by molar-refractivity contribution is 5.73. The van der Waals surface area contributed by atoms with Crippen LogP contribution in [0, 0.1) is 0 Å². The topological polar surface area (TPSA) is 53.6 Å². The number of anilines is 1. The maximum absolute atomic E-state index is 11.5. The Morgan fingerprint density at radius 1 is 1.24 bits per heavy atom.